The van der Waals surface area contributed by atoms with Crippen LogP contribution in [0, 0.1) is 30.3 Å². The molecular formula is C24H27ClF3N5. The first-order valence-corrected chi connectivity index (χ1v) is 11.5. The van der Waals surface area contributed by atoms with E-state index in [0.29, 0.717) is 35.9 Å². The molecule has 176 valence electrons. The van der Waals surface area contributed by atoms with E-state index in [1.165, 1.54) is 18.2 Å². The van der Waals surface area contributed by atoms with Crippen molar-refractivity contribution in [3.8, 4) is 0 Å². The maximum atomic E-state index is 14.5. The van der Waals surface area contributed by atoms with Crippen LogP contribution in [0.3, 0.4) is 0 Å². The number of halogens is 4. The molecule has 3 aromatic rings. The van der Waals surface area contributed by atoms with Crippen LogP contribution in [-0.4, -0.2) is 32.7 Å². The van der Waals surface area contributed by atoms with Crippen LogP contribution in [0.5, 0.6) is 0 Å². The van der Waals surface area contributed by atoms with Gasteiger partial charge in [0, 0.05) is 29.9 Å². The van der Waals surface area contributed by atoms with Gasteiger partial charge >= 0.3 is 0 Å². The number of rotatable bonds is 7. The molecule has 1 aromatic carbocycles. The molecule has 33 heavy (non-hydrogen) atoms. The number of anilines is 2. The van der Waals surface area contributed by atoms with E-state index >= 15 is 0 Å². The molecule has 9 heteroatoms. The summed E-state index contributed by atoms with van der Waals surface area (Å²) in [4.78, 5) is 6.68. The van der Waals surface area contributed by atoms with Crippen molar-refractivity contribution in [3.63, 3.8) is 0 Å². The Morgan fingerprint density at radius 1 is 1.15 bits per heavy atom. The van der Waals surface area contributed by atoms with Gasteiger partial charge < -0.3 is 5.32 Å². The summed E-state index contributed by atoms with van der Waals surface area (Å²) >= 11 is 5.74. The normalized spacial score (nSPS) is 19.1. The molecule has 2 N–H and O–H groups in total. The summed E-state index contributed by atoms with van der Waals surface area (Å²) in [5, 5.41) is 9.62. The van der Waals surface area contributed by atoms with Gasteiger partial charge in [-0.25, -0.2) is 18.2 Å². The summed E-state index contributed by atoms with van der Waals surface area (Å²) in [6, 6.07) is 7.75. The lowest BCUT2D eigenvalue weighted by Gasteiger charge is -2.39. The molecule has 0 bridgehead atoms. The maximum Gasteiger partial charge on any atom is 0.153 e. The lowest BCUT2D eigenvalue weighted by atomic mass is 9.86. The predicted molar refractivity (Wildman–Crippen MR) is 123 cm³/mol. The number of aryl methyl sites for hydroxylation is 1. The van der Waals surface area contributed by atoms with Gasteiger partial charge in [-0.2, -0.15) is 5.10 Å². The fourth-order valence-electron chi connectivity index (χ4n) is 4.49. The van der Waals surface area contributed by atoms with E-state index in [1.807, 2.05) is 13.0 Å². The molecule has 0 spiro atoms. The number of H-pyrrole nitrogens is 1. The zero-order valence-electron chi connectivity index (χ0n) is 18.6. The van der Waals surface area contributed by atoms with Crippen molar-refractivity contribution in [2.24, 2.45) is 5.92 Å². The topological polar surface area (TPSA) is 56.8 Å². The van der Waals surface area contributed by atoms with Crippen molar-refractivity contribution in [2.45, 2.75) is 52.1 Å². The summed E-state index contributed by atoms with van der Waals surface area (Å²) in [6.45, 7) is 5.09. The first-order chi connectivity index (χ1) is 15.8. The number of piperidine rings is 1. The summed E-state index contributed by atoms with van der Waals surface area (Å²) in [6.07, 6.45) is 3.10. The first kappa shape index (κ1) is 23.6. The highest BCUT2D eigenvalue weighted by Crippen LogP contribution is 2.31. The van der Waals surface area contributed by atoms with Gasteiger partial charge in [0.05, 0.1) is 5.69 Å². The second-order valence-corrected chi connectivity index (χ2v) is 9.03. The molecule has 2 atom stereocenters. The van der Waals surface area contributed by atoms with Gasteiger partial charge in [0.15, 0.2) is 5.82 Å². The van der Waals surface area contributed by atoms with Crippen molar-refractivity contribution in [1.82, 2.24) is 20.1 Å². The SMILES string of the molecule is CC[C@@H]1CC(Cc2nc(Nc3cc(C)[nH]n3)ccc2F)CCN1Cc1ccc(F)c(Cl)c1F. The van der Waals surface area contributed by atoms with Crippen molar-refractivity contribution in [1.29, 1.82) is 0 Å². The number of benzene rings is 1. The van der Waals surface area contributed by atoms with Crippen LogP contribution >= 0.6 is 11.6 Å². The summed E-state index contributed by atoms with van der Waals surface area (Å²) in [7, 11) is 0. The summed E-state index contributed by atoms with van der Waals surface area (Å²) < 4.78 is 42.4. The minimum atomic E-state index is -0.752. The predicted octanol–water partition coefficient (Wildman–Crippen LogP) is 6.16. The van der Waals surface area contributed by atoms with Gasteiger partial charge in [0.1, 0.15) is 28.3 Å². The molecule has 0 radical (unpaired) electrons. The highest BCUT2D eigenvalue weighted by molar-refractivity contribution is 6.30. The Morgan fingerprint density at radius 2 is 1.94 bits per heavy atom. The largest absolute Gasteiger partial charge is 0.323 e. The molecule has 1 fully saturated rings. The fourth-order valence-corrected chi connectivity index (χ4v) is 4.68. The smallest absolute Gasteiger partial charge is 0.153 e. The first-order valence-electron chi connectivity index (χ1n) is 11.1. The molecule has 5 nitrogen and oxygen atoms in total. The number of aromatic nitrogens is 3. The molecular weight excluding hydrogens is 451 g/mol. The Hall–Kier alpha value is -2.58. The van der Waals surface area contributed by atoms with Crippen molar-refractivity contribution >= 4 is 23.2 Å². The van der Waals surface area contributed by atoms with Crippen LogP contribution in [0.2, 0.25) is 5.02 Å². The van der Waals surface area contributed by atoms with E-state index in [2.05, 4.69) is 32.3 Å². The second kappa shape index (κ2) is 10.1. The van der Waals surface area contributed by atoms with Crippen molar-refractivity contribution < 1.29 is 13.2 Å². The van der Waals surface area contributed by atoms with Crippen molar-refractivity contribution in [3.05, 3.63) is 69.8 Å². The number of hydrogen-bond donors (Lipinski definition) is 2. The standard InChI is InChI=1S/C24H27ClF3N5/c1-3-17-11-15(8-9-33(17)13-16-4-5-19(27)23(25)24(16)28)12-20-18(26)6-7-21(29-20)30-22-10-14(2)31-32-22/h4-7,10,15,17H,3,8-9,11-13H2,1-2H3,(H2,29,30,31,32)/t15?,17-/m1/s1. The number of aromatic amines is 1. The Kier molecular flexibility index (Phi) is 7.24. The zero-order chi connectivity index (χ0) is 23.5. The Labute approximate surface area is 196 Å². The average molecular weight is 478 g/mol. The third kappa shape index (κ3) is 5.50. The quantitative estimate of drug-likeness (QED) is 0.400. The summed E-state index contributed by atoms with van der Waals surface area (Å²) in [5.41, 5.74) is 1.73. The second-order valence-electron chi connectivity index (χ2n) is 8.65. The summed E-state index contributed by atoms with van der Waals surface area (Å²) in [5.74, 6) is -0.334. The molecule has 0 saturated carbocycles. The van der Waals surface area contributed by atoms with E-state index < -0.39 is 16.7 Å². The molecule has 1 saturated heterocycles. The van der Waals surface area contributed by atoms with Gasteiger partial charge in [-0.1, -0.05) is 24.6 Å². The highest BCUT2D eigenvalue weighted by Gasteiger charge is 2.29. The van der Waals surface area contributed by atoms with E-state index in [4.69, 9.17) is 11.6 Å². The van der Waals surface area contributed by atoms with Gasteiger partial charge in [0.25, 0.3) is 0 Å². The third-order valence-electron chi connectivity index (χ3n) is 6.27. The third-order valence-corrected chi connectivity index (χ3v) is 6.62. The number of nitrogens with zero attached hydrogens (tertiary/aromatic N) is 3. The molecule has 0 aliphatic carbocycles. The van der Waals surface area contributed by atoms with E-state index in [0.717, 1.165) is 31.5 Å². The average Bonchev–Trinajstić information content (AvgIpc) is 3.21. The minimum absolute atomic E-state index is 0.211. The molecule has 1 aliphatic heterocycles. The number of pyridine rings is 1. The molecule has 4 rings (SSSR count). The van der Waals surface area contributed by atoms with E-state index in [-0.39, 0.29) is 17.8 Å². The van der Waals surface area contributed by atoms with E-state index in [1.54, 1.807) is 6.07 Å². The van der Waals surface area contributed by atoms with Crippen LogP contribution < -0.4 is 5.32 Å². The molecule has 1 unspecified atom stereocenters. The molecule has 2 aromatic heterocycles. The van der Waals surface area contributed by atoms with Gasteiger partial charge in [-0.15, -0.1) is 0 Å². The maximum absolute atomic E-state index is 14.5. The Bertz CT molecular complexity index is 1120. The molecule has 0 amide bonds. The Morgan fingerprint density at radius 3 is 2.67 bits per heavy atom. The lowest BCUT2D eigenvalue weighted by Crippen LogP contribution is -2.42. The van der Waals surface area contributed by atoms with Crippen LogP contribution in [0.15, 0.2) is 30.3 Å². The molecule has 1 aliphatic rings. The van der Waals surface area contributed by atoms with Crippen molar-refractivity contribution in [2.75, 3.05) is 11.9 Å². The number of likely N-dealkylation sites (tertiary alicyclic amines) is 1. The Balaban J connectivity index is 1.42. The molecule has 3 heterocycles. The van der Waals surface area contributed by atoms with Gasteiger partial charge in [-0.05, 0) is 63.3 Å². The highest BCUT2D eigenvalue weighted by atomic mass is 35.5. The lowest BCUT2D eigenvalue weighted by molar-refractivity contribution is 0.0992. The minimum Gasteiger partial charge on any atom is -0.323 e. The van der Waals surface area contributed by atoms with Crippen LogP contribution in [0.1, 0.15) is 43.1 Å². The van der Waals surface area contributed by atoms with E-state index in [9.17, 15) is 13.2 Å². The number of nitrogens with one attached hydrogen (secondary N) is 2. The van der Waals surface area contributed by atoms with Gasteiger partial charge in [0.2, 0.25) is 0 Å². The van der Waals surface area contributed by atoms with Crippen LogP contribution in [0.4, 0.5) is 24.8 Å². The van der Waals surface area contributed by atoms with Crippen LogP contribution in [-0.2, 0) is 13.0 Å². The fraction of sp³-hybridized carbons (Fsp3) is 0.417. The van der Waals surface area contributed by atoms with Gasteiger partial charge in [-0.3, -0.25) is 10.00 Å². The number of hydrogen-bond acceptors (Lipinski definition) is 4. The van der Waals surface area contributed by atoms with Crippen LogP contribution in [0.25, 0.3) is 0 Å². The zero-order valence-corrected chi connectivity index (χ0v) is 19.4. The monoisotopic (exact) mass is 477 g/mol.